The van der Waals surface area contributed by atoms with Gasteiger partial charge in [0.2, 0.25) is 5.91 Å². The van der Waals surface area contributed by atoms with E-state index in [1.54, 1.807) is 15.9 Å². The van der Waals surface area contributed by atoms with E-state index in [-0.39, 0.29) is 17.7 Å². The molecule has 2 aromatic heterocycles. The first-order valence-electron chi connectivity index (χ1n) is 8.79. The zero-order chi connectivity index (χ0) is 18.6. The number of aromatic nitrogens is 3. The number of anilines is 1. The average Bonchev–Trinajstić information content (AvgIpc) is 3.42. The van der Waals surface area contributed by atoms with Crippen LogP contribution in [0.15, 0.2) is 54.4 Å². The van der Waals surface area contributed by atoms with Crippen molar-refractivity contribution >= 4 is 28.8 Å². The largest absolute Gasteiger partial charge is 0.337 e. The maximum absolute atomic E-state index is 12.7. The molecule has 4 rings (SSSR count). The Balaban J connectivity index is 1.38. The summed E-state index contributed by atoms with van der Waals surface area (Å²) in [5.74, 6) is -0.232. The van der Waals surface area contributed by atoms with Gasteiger partial charge in [0.25, 0.3) is 5.91 Å². The number of hydrogen-bond acceptors (Lipinski definition) is 5. The Morgan fingerprint density at radius 3 is 2.74 bits per heavy atom. The Bertz CT molecular complexity index is 906. The van der Waals surface area contributed by atoms with Gasteiger partial charge in [-0.25, -0.2) is 9.67 Å². The molecule has 138 valence electrons. The molecule has 1 atom stereocenters. The lowest BCUT2D eigenvalue weighted by molar-refractivity contribution is -0.121. The Hall–Kier alpha value is -3.00. The molecule has 27 heavy (non-hydrogen) atoms. The summed E-state index contributed by atoms with van der Waals surface area (Å²) in [7, 11) is 0. The highest BCUT2D eigenvalue weighted by Crippen LogP contribution is 2.22. The van der Waals surface area contributed by atoms with Crippen LogP contribution in [0.4, 0.5) is 5.69 Å². The summed E-state index contributed by atoms with van der Waals surface area (Å²) in [5.41, 5.74) is 1.60. The molecule has 7 nitrogen and oxygen atoms in total. The molecule has 3 heterocycles. The minimum atomic E-state index is -0.197. The monoisotopic (exact) mass is 381 g/mol. The van der Waals surface area contributed by atoms with Crippen molar-refractivity contribution in [2.75, 3.05) is 18.4 Å². The van der Waals surface area contributed by atoms with E-state index in [1.165, 1.54) is 17.7 Å². The number of amides is 2. The SMILES string of the molecule is O=C(Nc1ccc(-n2cncn2)cc1)C1CCCN(C(=O)c2cccs2)C1. The van der Waals surface area contributed by atoms with Gasteiger partial charge < -0.3 is 10.2 Å². The van der Waals surface area contributed by atoms with Crippen LogP contribution in [-0.2, 0) is 4.79 Å². The fraction of sp³-hybridized carbons (Fsp3) is 0.263. The first-order chi connectivity index (χ1) is 13.2. The number of likely N-dealkylation sites (tertiary alicyclic amines) is 1. The molecule has 1 fully saturated rings. The molecule has 1 unspecified atom stereocenters. The minimum absolute atomic E-state index is 0.0136. The summed E-state index contributed by atoms with van der Waals surface area (Å²) in [5, 5.41) is 8.93. The number of rotatable bonds is 4. The van der Waals surface area contributed by atoms with Gasteiger partial charge in [0, 0.05) is 18.8 Å². The molecule has 1 aromatic carbocycles. The quantitative estimate of drug-likeness (QED) is 0.754. The molecule has 1 aliphatic rings. The predicted molar refractivity (Wildman–Crippen MR) is 103 cm³/mol. The number of carbonyl (C=O) groups excluding carboxylic acids is 2. The topological polar surface area (TPSA) is 80.1 Å². The molecule has 0 spiro atoms. The Morgan fingerprint density at radius 2 is 2.04 bits per heavy atom. The fourth-order valence-corrected chi connectivity index (χ4v) is 3.91. The van der Waals surface area contributed by atoms with E-state index < -0.39 is 0 Å². The van der Waals surface area contributed by atoms with Crippen molar-refractivity contribution in [3.63, 3.8) is 0 Å². The molecule has 1 saturated heterocycles. The van der Waals surface area contributed by atoms with Crippen LogP contribution in [0.1, 0.15) is 22.5 Å². The number of nitrogens with zero attached hydrogens (tertiary/aromatic N) is 4. The molecule has 3 aromatic rings. The van der Waals surface area contributed by atoms with Crippen LogP contribution in [-0.4, -0.2) is 44.6 Å². The summed E-state index contributed by atoms with van der Waals surface area (Å²) in [6, 6.07) is 11.1. The van der Waals surface area contributed by atoms with Crippen molar-refractivity contribution < 1.29 is 9.59 Å². The normalized spacial score (nSPS) is 16.9. The standard InChI is InChI=1S/C19H19N5O2S/c25-18(22-15-5-7-16(8-6-15)24-13-20-12-21-24)14-3-1-9-23(11-14)19(26)17-4-2-10-27-17/h2,4-8,10,12-14H,1,3,9,11H2,(H,22,25). The number of hydrogen-bond donors (Lipinski definition) is 1. The number of benzene rings is 1. The maximum Gasteiger partial charge on any atom is 0.263 e. The van der Waals surface area contributed by atoms with Gasteiger partial charge in [-0.1, -0.05) is 6.07 Å². The number of piperidine rings is 1. The van der Waals surface area contributed by atoms with Gasteiger partial charge in [-0.3, -0.25) is 9.59 Å². The van der Waals surface area contributed by atoms with Crippen molar-refractivity contribution in [3.05, 3.63) is 59.3 Å². The zero-order valence-electron chi connectivity index (χ0n) is 14.6. The van der Waals surface area contributed by atoms with Crippen molar-refractivity contribution in [3.8, 4) is 5.69 Å². The predicted octanol–water partition coefficient (Wildman–Crippen LogP) is 2.82. The molecule has 2 amide bonds. The molecule has 0 bridgehead atoms. The van der Waals surface area contributed by atoms with Crippen LogP contribution < -0.4 is 5.32 Å². The molecule has 0 radical (unpaired) electrons. The van der Waals surface area contributed by atoms with E-state index in [0.29, 0.717) is 13.1 Å². The molecule has 8 heteroatoms. The van der Waals surface area contributed by atoms with E-state index >= 15 is 0 Å². The molecule has 0 saturated carbocycles. The lowest BCUT2D eigenvalue weighted by Crippen LogP contribution is -2.43. The first kappa shape index (κ1) is 17.4. The van der Waals surface area contributed by atoms with Crippen molar-refractivity contribution in [2.24, 2.45) is 5.92 Å². The third-order valence-corrected chi connectivity index (χ3v) is 5.49. The molecule has 1 N–H and O–H groups in total. The number of carbonyl (C=O) groups is 2. The van der Waals surface area contributed by atoms with Crippen molar-refractivity contribution in [1.29, 1.82) is 0 Å². The van der Waals surface area contributed by atoms with Gasteiger partial charge in [-0.05, 0) is 48.6 Å². The highest BCUT2D eigenvalue weighted by molar-refractivity contribution is 7.12. The second-order valence-electron chi connectivity index (χ2n) is 6.44. The van der Waals surface area contributed by atoms with Crippen molar-refractivity contribution in [2.45, 2.75) is 12.8 Å². The summed E-state index contributed by atoms with van der Waals surface area (Å²) < 4.78 is 1.65. The van der Waals surface area contributed by atoms with E-state index in [0.717, 1.165) is 29.1 Å². The second-order valence-corrected chi connectivity index (χ2v) is 7.39. The third kappa shape index (κ3) is 3.90. The highest BCUT2D eigenvalue weighted by Gasteiger charge is 2.29. The van der Waals surface area contributed by atoms with E-state index in [4.69, 9.17) is 0 Å². The van der Waals surface area contributed by atoms with Crippen LogP contribution in [0.25, 0.3) is 5.69 Å². The minimum Gasteiger partial charge on any atom is -0.337 e. The molecule has 1 aliphatic heterocycles. The van der Waals surface area contributed by atoms with Crippen LogP contribution in [0.5, 0.6) is 0 Å². The summed E-state index contributed by atoms with van der Waals surface area (Å²) in [4.78, 5) is 31.6. The smallest absolute Gasteiger partial charge is 0.263 e. The van der Waals surface area contributed by atoms with E-state index in [1.807, 2.05) is 41.8 Å². The van der Waals surface area contributed by atoms with Crippen LogP contribution in [0.3, 0.4) is 0 Å². The fourth-order valence-electron chi connectivity index (χ4n) is 3.22. The number of nitrogens with one attached hydrogen (secondary N) is 1. The average molecular weight is 381 g/mol. The Kier molecular flexibility index (Phi) is 4.97. The lowest BCUT2D eigenvalue weighted by Gasteiger charge is -2.31. The summed E-state index contributed by atoms with van der Waals surface area (Å²) in [6.07, 6.45) is 4.72. The molecular formula is C19H19N5O2S. The van der Waals surface area contributed by atoms with Gasteiger partial charge in [0.15, 0.2) is 0 Å². The van der Waals surface area contributed by atoms with Gasteiger partial charge in [0.1, 0.15) is 12.7 Å². The third-order valence-electron chi connectivity index (χ3n) is 4.63. The first-order valence-corrected chi connectivity index (χ1v) is 9.67. The molecule has 0 aliphatic carbocycles. The Morgan fingerprint density at radius 1 is 1.19 bits per heavy atom. The van der Waals surface area contributed by atoms with Crippen LogP contribution >= 0.6 is 11.3 Å². The van der Waals surface area contributed by atoms with Crippen LogP contribution in [0, 0.1) is 5.92 Å². The molecular weight excluding hydrogens is 362 g/mol. The van der Waals surface area contributed by atoms with Gasteiger partial charge in [-0.2, -0.15) is 5.10 Å². The van der Waals surface area contributed by atoms with Crippen molar-refractivity contribution in [1.82, 2.24) is 19.7 Å². The highest BCUT2D eigenvalue weighted by atomic mass is 32.1. The van der Waals surface area contributed by atoms with E-state index in [9.17, 15) is 9.59 Å². The van der Waals surface area contributed by atoms with Gasteiger partial charge in [-0.15, -0.1) is 11.3 Å². The van der Waals surface area contributed by atoms with Crippen LogP contribution in [0.2, 0.25) is 0 Å². The summed E-state index contributed by atoms with van der Waals surface area (Å²) in [6.45, 7) is 1.16. The second kappa shape index (κ2) is 7.71. The van der Waals surface area contributed by atoms with Gasteiger partial charge >= 0.3 is 0 Å². The van der Waals surface area contributed by atoms with E-state index in [2.05, 4.69) is 15.4 Å². The summed E-state index contributed by atoms with van der Waals surface area (Å²) >= 11 is 1.43. The lowest BCUT2D eigenvalue weighted by atomic mass is 9.97. The zero-order valence-corrected chi connectivity index (χ0v) is 15.4. The maximum atomic E-state index is 12.7. The van der Waals surface area contributed by atoms with Gasteiger partial charge in [0.05, 0.1) is 16.5 Å². The Labute approximate surface area is 160 Å². The number of thiophene rings is 1.